The maximum atomic E-state index is 9.83. The van der Waals surface area contributed by atoms with Gasteiger partial charge in [0.15, 0.2) is 0 Å². The molecule has 0 amide bonds. The van der Waals surface area contributed by atoms with E-state index in [1.807, 2.05) is 12.1 Å². The van der Waals surface area contributed by atoms with Crippen molar-refractivity contribution < 1.29 is 5.11 Å². The highest BCUT2D eigenvalue weighted by Crippen LogP contribution is 2.26. The largest absolute Gasteiger partial charge is 0.508 e. The summed E-state index contributed by atoms with van der Waals surface area (Å²) in [5.74, 6) is 0.437. The van der Waals surface area contributed by atoms with E-state index in [0.717, 1.165) is 12.1 Å². The van der Waals surface area contributed by atoms with Gasteiger partial charge in [0.2, 0.25) is 0 Å². The summed E-state index contributed by atoms with van der Waals surface area (Å²) < 4.78 is 0. The summed E-state index contributed by atoms with van der Waals surface area (Å²) >= 11 is 0. The molecule has 1 aromatic rings. The first-order chi connectivity index (χ1) is 7.70. The second-order valence-electron chi connectivity index (χ2n) is 4.81. The van der Waals surface area contributed by atoms with Crippen molar-refractivity contribution in [3.8, 4) is 5.75 Å². The standard InChI is InChI=1S/C14H21NO/c1-3-13-5-4-8-15(13)10-12-9-11(2)6-7-14(12)16/h6-7,9,13,16H,3-5,8,10H2,1-2H3. The van der Waals surface area contributed by atoms with E-state index >= 15 is 0 Å². The molecule has 1 N–H and O–H groups in total. The normalized spacial score (nSPS) is 21.5. The Morgan fingerprint density at radius 1 is 1.44 bits per heavy atom. The summed E-state index contributed by atoms with van der Waals surface area (Å²) in [7, 11) is 0. The minimum atomic E-state index is 0.437. The van der Waals surface area contributed by atoms with Crippen molar-refractivity contribution in [1.82, 2.24) is 4.90 Å². The average molecular weight is 219 g/mol. The summed E-state index contributed by atoms with van der Waals surface area (Å²) in [5.41, 5.74) is 2.29. The molecule has 0 radical (unpaired) electrons. The Balaban J connectivity index is 2.11. The van der Waals surface area contributed by atoms with Gasteiger partial charge in [0.25, 0.3) is 0 Å². The molecule has 16 heavy (non-hydrogen) atoms. The van der Waals surface area contributed by atoms with Gasteiger partial charge in [-0.15, -0.1) is 0 Å². The van der Waals surface area contributed by atoms with E-state index < -0.39 is 0 Å². The van der Waals surface area contributed by atoms with Crippen molar-refractivity contribution in [2.45, 2.75) is 45.7 Å². The molecular formula is C14H21NO. The second-order valence-corrected chi connectivity index (χ2v) is 4.81. The van der Waals surface area contributed by atoms with Crippen LogP contribution in [0.3, 0.4) is 0 Å². The zero-order chi connectivity index (χ0) is 11.5. The van der Waals surface area contributed by atoms with Crippen LogP contribution in [-0.2, 0) is 6.54 Å². The lowest BCUT2D eigenvalue weighted by Crippen LogP contribution is -2.28. The maximum Gasteiger partial charge on any atom is 0.120 e. The van der Waals surface area contributed by atoms with Gasteiger partial charge in [-0.2, -0.15) is 0 Å². The highest BCUT2D eigenvalue weighted by molar-refractivity contribution is 5.35. The van der Waals surface area contributed by atoms with Crippen LogP contribution in [0.2, 0.25) is 0 Å². The number of likely N-dealkylation sites (tertiary alicyclic amines) is 1. The number of rotatable bonds is 3. The van der Waals surface area contributed by atoms with Crippen molar-refractivity contribution in [3.05, 3.63) is 29.3 Å². The smallest absolute Gasteiger partial charge is 0.120 e. The molecular weight excluding hydrogens is 198 g/mol. The quantitative estimate of drug-likeness (QED) is 0.844. The number of hydrogen-bond acceptors (Lipinski definition) is 2. The van der Waals surface area contributed by atoms with E-state index in [4.69, 9.17) is 0 Å². The summed E-state index contributed by atoms with van der Waals surface area (Å²) in [6, 6.07) is 6.57. The fraction of sp³-hybridized carbons (Fsp3) is 0.571. The van der Waals surface area contributed by atoms with Gasteiger partial charge in [-0.05, 0) is 38.8 Å². The number of aromatic hydroxyl groups is 1. The SMILES string of the molecule is CCC1CCCN1Cc1cc(C)ccc1O. The molecule has 1 heterocycles. The molecule has 0 saturated carbocycles. The fourth-order valence-electron chi connectivity index (χ4n) is 2.63. The summed E-state index contributed by atoms with van der Waals surface area (Å²) in [4.78, 5) is 2.49. The lowest BCUT2D eigenvalue weighted by molar-refractivity contribution is 0.237. The molecule has 1 aliphatic rings. The van der Waals surface area contributed by atoms with Crippen LogP contribution in [0.15, 0.2) is 18.2 Å². The van der Waals surface area contributed by atoms with Crippen LogP contribution in [0.1, 0.15) is 37.3 Å². The lowest BCUT2D eigenvalue weighted by Gasteiger charge is -2.23. The third-order valence-electron chi connectivity index (χ3n) is 3.58. The number of phenolic OH excluding ortho intramolecular Hbond substituents is 1. The molecule has 0 spiro atoms. The van der Waals surface area contributed by atoms with Gasteiger partial charge >= 0.3 is 0 Å². The number of nitrogens with zero attached hydrogens (tertiary/aromatic N) is 1. The first-order valence-electron chi connectivity index (χ1n) is 6.23. The van der Waals surface area contributed by atoms with E-state index in [-0.39, 0.29) is 0 Å². The Labute approximate surface area is 97.9 Å². The first kappa shape index (κ1) is 11.5. The molecule has 2 heteroatoms. The van der Waals surface area contributed by atoms with Crippen molar-refractivity contribution in [1.29, 1.82) is 0 Å². The molecule has 0 aliphatic carbocycles. The van der Waals surface area contributed by atoms with Crippen LogP contribution >= 0.6 is 0 Å². The van der Waals surface area contributed by atoms with E-state index in [1.165, 1.54) is 31.4 Å². The highest BCUT2D eigenvalue weighted by Gasteiger charge is 2.23. The van der Waals surface area contributed by atoms with Gasteiger partial charge in [-0.3, -0.25) is 4.90 Å². The van der Waals surface area contributed by atoms with Crippen molar-refractivity contribution in [3.63, 3.8) is 0 Å². The molecule has 2 rings (SSSR count). The zero-order valence-corrected chi connectivity index (χ0v) is 10.2. The maximum absolute atomic E-state index is 9.83. The number of aryl methyl sites for hydroxylation is 1. The monoisotopic (exact) mass is 219 g/mol. The fourth-order valence-corrected chi connectivity index (χ4v) is 2.63. The molecule has 0 aromatic heterocycles. The summed E-state index contributed by atoms with van der Waals surface area (Å²) in [6.45, 7) is 6.39. The van der Waals surface area contributed by atoms with Crippen molar-refractivity contribution >= 4 is 0 Å². The van der Waals surface area contributed by atoms with Crippen LogP contribution in [0.4, 0.5) is 0 Å². The van der Waals surface area contributed by atoms with Gasteiger partial charge < -0.3 is 5.11 Å². The molecule has 88 valence electrons. The Hall–Kier alpha value is -1.02. The van der Waals surface area contributed by atoms with E-state index in [2.05, 4.69) is 24.8 Å². The van der Waals surface area contributed by atoms with E-state index in [9.17, 15) is 5.11 Å². The molecule has 1 aromatic carbocycles. The summed E-state index contributed by atoms with van der Waals surface area (Å²) in [6.07, 6.45) is 3.82. The van der Waals surface area contributed by atoms with E-state index in [0.29, 0.717) is 11.8 Å². The number of phenols is 1. The van der Waals surface area contributed by atoms with Crippen LogP contribution in [-0.4, -0.2) is 22.6 Å². The van der Waals surface area contributed by atoms with Crippen LogP contribution < -0.4 is 0 Å². The topological polar surface area (TPSA) is 23.5 Å². The van der Waals surface area contributed by atoms with Gasteiger partial charge in [-0.25, -0.2) is 0 Å². The van der Waals surface area contributed by atoms with Gasteiger partial charge in [0.1, 0.15) is 5.75 Å². The Morgan fingerprint density at radius 3 is 3.00 bits per heavy atom. The van der Waals surface area contributed by atoms with Crippen LogP contribution in [0, 0.1) is 6.92 Å². The van der Waals surface area contributed by atoms with Crippen molar-refractivity contribution in [2.75, 3.05) is 6.54 Å². The number of benzene rings is 1. The number of hydrogen-bond donors (Lipinski definition) is 1. The Bertz CT molecular complexity index is 362. The van der Waals surface area contributed by atoms with Crippen molar-refractivity contribution in [2.24, 2.45) is 0 Å². The zero-order valence-electron chi connectivity index (χ0n) is 10.2. The van der Waals surface area contributed by atoms with E-state index in [1.54, 1.807) is 0 Å². The third-order valence-corrected chi connectivity index (χ3v) is 3.58. The van der Waals surface area contributed by atoms with Gasteiger partial charge in [0.05, 0.1) is 0 Å². The van der Waals surface area contributed by atoms with Crippen LogP contribution in [0.5, 0.6) is 5.75 Å². The Morgan fingerprint density at radius 2 is 2.25 bits per heavy atom. The molecule has 0 bridgehead atoms. The molecule has 1 saturated heterocycles. The predicted molar refractivity (Wildman–Crippen MR) is 66.6 cm³/mol. The molecule has 1 atom stereocenters. The summed E-state index contributed by atoms with van der Waals surface area (Å²) in [5, 5.41) is 9.83. The molecule has 1 fully saturated rings. The lowest BCUT2D eigenvalue weighted by atomic mass is 10.1. The average Bonchev–Trinajstić information content (AvgIpc) is 2.71. The van der Waals surface area contributed by atoms with Crippen LogP contribution in [0.25, 0.3) is 0 Å². The molecule has 1 unspecified atom stereocenters. The molecule has 2 nitrogen and oxygen atoms in total. The third kappa shape index (κ3) is 2.38. The highest BCUT2D eigenvalue weighted by atomic mass is 16.3. The minimum absolute atomic E-state index is 0.437. The Kier molecular flexibility index (Phi) is 3.49. The predicted octanol–water partition coefficient (Wildman–Crippen LogP) is 3.08. The van der Waals surface area contributed by atoms with Gasteiger partial charge in [-0.1, -0.05) is 24.6 Å². The molecule has 1 aliphatic heterocycles. The van der Waals surface area contributed by atoms with Gasteiger partial charge in [0, 0.05) is 18.2 Å². The minimum Gasteiger partial charge on any atom is -0.508 e. The first-order valence-corrected chi connectivity index (χ1v) is 6.23. The second kappa shape index (κ2) is 4.88.